The Balaban J connectivity index is 1.92. The molecule has 104 valence electrons. The van der Waals surface area contributed by atoms with E-state index in [2.05, 4.69) is 4.98 Å². The van der Waals surface area contributed by atoms with Gasteiger partial charge < -0.3 is 9.64 Å². The van der Waals surface area contributed by atoms with E-state index in [-0.39, 0.29) is 12.0 Å². The molecule has 0 spiro atoms. The van der Waals surface area contributed by atoms with E-state index in [1.165, 1.54) is 6.07 Å². The van der Waals surface area contributed by atoms with Crippen LogP contribution in [-0.2, 0) is 11.0 Å². The molecule has 0 unspecified atom stereocenters. The molecule has 1 aromatic rings. The molecule has 7 heteroatoms. The van der Waals surface area contributed by atoms with Crippen LogP contribution < -0.4 is 4.74 Å². The van der Waals surface area contributed by atoms with Crippen molar-refractivity contribution < 1.29 is 22.7 Å². The maximum absolute atomic E-state index is 12.3. The maximum Gasteiger partial charge on any atom is 0.417 e. The first-order chi connectivity index (χ1) is 8.99. The highest BCUT2D eigenvalue weighted by Gasteiger charge is 2.31. The molecule has 1 amide bonds. The fraction of sp³-hybridized carbons (Fsp3) is 0.500. The van der Waals surface area contributed by atoms with Crippen LogP contribution >= 0.6 is 0 Å². The van der Waals surface area contributed by atoms with Gasteiger partial charge in [-0.1, -0.05) is 0 Å². The highest BCUT2D eigenvalue weighted by molar-refractivity contribution is 5.47. The van der Waals surface area contributed by atoms with Crippen LogP contribution in [0.15, 0.2) is 18.3 Å². The lowest BCUT2D eigenvalue weighted by atomic mass is 10.1. The number of carbonyl (C=O) groups is 1. The van der Waals surface area contributed by atoms with Gasteiger partial charge in [0.1, 0.15) is 6.10 Å². The van der Waals surface area contributed by atoms with E-state index in [1.807, 2.05) is 0 Å². The van der Waals surface area contributed by atoms with Crippen LogP contribution in [0.25, 0.3) is 0 Å². The second-order valence-electron chi connectivity index (χ2n) is 4.34. The molecule has 1 aromatic heterocycles. The normalized spacial score (nSPS) is 17.3. The zero-order valence-electron chi connectivity index (χ0n) is 10.1. The van der Waals surface area contributed by atoms with Gasteiger partial charge in [-0.05, 0) is 6.07 Å². The third-order valence-corrected chi connectivity index (χ3v) is 2.98. The Kier molecular flexibility index (Phi) is 3.92. The largest absolute Gasteiger partial charge is 0.474 e. The zero-order chi connectivity index (χ0) is 13.9. The molecular weight excluding hydrogens is 261 g/mol. The first-order valence-electron chi connectivity index (χ1n) is 5.88. The number of piperidine rings is 1. The number of halogens is 3. The van der Waals surface area contributed by atoms with Gasteiger partial charge in [0, 0.05) is 38.2 Å². The van der Waals surface area contributed by atoms with E-state index in [9.17, 15) is 18.0 Å². The van der Waals surface area contributed by atoms with Crippen LogP contribution in [0, 0.1) is 0 Å². The van der Waals surface area contributed by atoms with Crippen LogP contribution in [0.3, 0.4) is 0 Å². The number of ether oxygens (including phenoxy) is 1. The van der Waals surface area contributed by atoms with Crippen LogP contribution in [0.5, 0.6) is 5.88 Å². The van der Waals surface area contributed by atoms with Gasteiger partial charge in [0.25, 0.3) is 0 Å². The number of carbonyl (C=O) groups excluding carboxylic acids is 1. The Hall–Kier alpha value is -1.79. The van der Waals surface area contributed by atoms with E-state index in [4.69, 9.17) is 4.74 Å². The van der Waals surface area contributed by atoms with Crippen molar-refractivity contribution in [3.63, 3.8) is 0 Å². The van der Waals surface area contributed by atoms with Crippen molar-refractivity contribution in [3.05, 3.63) is 23.9 Å². The summed E-state index contributed by atoms with van der Waals surface area (Å²) in [7, 11) is 0. The molecule has 0 N–H and O–H groups in total. The van der Waals surface area contributed by atoms with Crippen molar-refractivity contribution in [2.75, 3.05) is 13.1 Å². The molecule has 0 aromatic carbocycles. The maximum atomic E-state index is 12.3. The Morgan fingerprint density at radius 2 is 2.00 bits per heavy atom. The first-order valence-corrected chi connectivity index (χ1v) is 5.88. The molecule has 0 saturated carbocycles. The number of hydrogen-bond donors (Lipinski definition) is 0. The first kappa shape index (κ1) is 13.6. The minimum Gasteiger partial charge on any atom is -0.474 e. The lowest BCUT2D eigenvalue weighted by Crippen LogP contribution is -2.37. The number of nitrogens with zero attached hydrogens (tertiary/aromatic N) is 2. The van der Waals surface area contributed by atoms with Gasteiger partial charge in [0.2, 0.25) is 12.3 Å². The van der Waals surface area contributed by atoms with Crippen LogP contribution in [0.4, 0.5) is 13.2 Å². The van der Waals surface area contributed by atoms with Gasteiger partial charge in [-0.15, -0.1) is 0 Å². The van der Waals surface area contributed by atoms with Crippen molar-refractivity contribution in [3.8, 4) is 5.88 Å². The SMILES string of the molecule is O=CN1CCC(Oc2ccc(C(F)(F)F)cn2)CC1. The number of alkyl halides is 3. The van der Waals surface area contributed by atoms with Gasteiger partial charge in [0.05, 0.1) is 5.56 Å². The number of amides is 1. The molecule has 0 atom stereocenters. The Labute approximate surface area is 108 Å². The van der Waals surface area contributed by atoms with E-state index in [0.717, 1.165) is 18.7 Å². The minimum absolute atomic E-state index is 0.111. The summed E-state index contributed by atoms with van der Waals surface area (Å²) in [5.74, 6) is 0.178. The second kappa shape index (κ2) is 5.46. The molecule has 2 rings (SSSR count). The lowest BCUT2D eigenvalue weighted by molar-refractivity contribution is -0.137. The molecule has 4 nitrogen and oxygen atoms in total. The number of hydrogen-bond acceptors (Lipinski definition) is 3. The molecule has 1 aliphatic rings. The second-order valence-corrected chi connectivity index (χ2v) is 4.34. The third-order valence-electron chi connectivity index (χ3n) is 2.98. The van der Waals surface area contributed by atoms with E-state index in [0.29, 0.717) is 25.9 Å². The van der Waals surface area contributed by atoms with Crippen LogP contribution in [0.1, 0.15) is 18.4 Å². The molecule has 2 heterocycles. The van der Waals surface area contributed by atoms with Crippen molar-refractivity contribution in [2.45, 2.75) is 25.1 Å². The van der Waals surface area contributed by atoms with E-state index >= 15 is 0 Å². The summed E-state index contributed by atoms with van der Waals surface area (Å²) >= 11 is 0. The number of pyridine rings is 1. The monoisotopic (exact) mass is 274 g/mol. The smallest absolute Gasteiger partial charge is 0.417 e. The van der Waals surface area contributed by atoms with Crippen LogP contribution in [-0.4, -0.2) is 35.5 Å². The predicted octanol–water partition coefficient (Wildman–Crippen LogP) is 2.10. The van der Waals surface area contributed by atoms with Crippen molar-refractivity contribution in [2.24, 2.45) is 0 Å². The topological polar surface area (TPSA) is 42.4 Å². The summed E-state index contributed by atoms with van der Waals surface area (Å²) in [6.07, 6.45) is -1.65. The molecule has 1 aliphatic heterocycles. The number of rotatable bonds is 3. The summed E-state index contributed by atoms with van der Waals surface area (Å²) in [5.41, 5.74) is -0.796. The summed E-state index contributed by atoms with van der Waals surface area (Å²) in [5, 5.41) is 0. The van der Waals surface area contributed by atoms with Gasteiger partial charge in [-0.3, -0.25) is 4.79 Å². The molecule has 0 aliphatic carbocycles. The summed E-state index contributed by atoms with van der Waals surface area (Å²) in [6, 6.07) is 2.16. The molecule has 0 radical (unpaired) electrons. The van der Waals surface area contributed by atoms with Crippen LogP contribution in [0.2, 0.25) is 0 Å². The highest BCUT2D eigenvalue weighted by Crippen LogP contribution is 2.29. The third kappa shape index (κ3) is 3.59. The Morgan fingerprint density at radius 3 is 2.47 bits per heavy atom. The van der Waals surface area contributed by atoms with Gasteiger partial charge in [-0.2, -0.15) is 13.2 Å². The molecule has 19 heavy (non-hydrogen) atoms. The zero-order valence-corrected chi connectivity index (χ0v) is 10.1. The predicted molar refractivity (Wildman–Crippen MR) is 60.5 cm³/mol. The average molecular weight is 274 g/mol. The minimum atomic E-state index is -4.39. The van der Waals surface area contributed by atoms with Gasteiger partial charge in [-0.25, -0.2) is 4.98 Å². The van der Waals surface area contributed by atoms with Gasteiger partial charge in [0.15, 0.2) is 0 Å². The Bertz CT molecular complexity index is 426. The van der Waals surface area contributed by atoms with Crippen molar-refractivity contribution in [1.82, 2.24) is 9.88 Å². The summed E-state index contributed by atoms with van der Waals surface area (Å²) in [4.78, 5) is 15.8. The molecule has 0 bridgehead atoms. The van der Waals surface area contributed by atoms with Crippen molar-refractivity contribution in [1.29, 1.82) is 0 Å². The van der Waals surface area contributed by atoms with Crippen molar-refractivity contribution >= 4 is 6.41 Å². The summed E-state index contributed by atoms with van der Waals surface area (Å²) < 4.78 is 42.5. The lowest BCUT2D eigenvalue weighted by Gasteiger charge is -2.29. The molecule has 1 fully saturated rings. The molecule has 1 saturated heterocycles. The molecular formula is C12H13F3N2O2. The highest BCUT2D eigenvalue weighted by atomic mass is 19.4. The number of aromatic nitrogens is 1. The number of likely N-dealkylation sites (tertiary alicyclic amines) is 1. The van der Waals surface area contributed by atoms with E-state index in [1.54, 1.807) is 4.90 Å². The Morgan fingerprint density at radius 1 is 1.32 bits per heavy atom. The van der Waals surface area contributed by atoms with Gasteiger partial charge >= 0.3 is 6.18 Å². The summed E-state index contributed by atoms with van der Waals surface area (Å²) in [6.45, 7) is 1.18. The quantitative estimate of drug-likeness (QED) is 0.793. The van der Waals surface area contributed by atoms with E-state index < -0.39 is 11.7 Å². The average Bonchev–Trinajstić information content (AvgIpc) is 2.39. The fourth-order valence-corrected chi connectivity index (χ4v) is 1.89. The fourth-order valence-electron chi connectivity index (χ4n) is 1.89. The standard InChI is InChI=1S/C12H13F3N2O2/c13-12(14,15)9-1-2-11(16-7-9)19-10-3-5-17(8-18)6-4-10/h1-2,7-8,10H,3-6H2.